The molecule has 110 valence electrons. The highest BCUT2D eigenvalue weighted by molar-refractivity contribution is 5.81. The summed E-state index contributed by atoms with van der Waals surface area (Å²) in [6.45, 7) is 0.418. The molecule has 2 rings (SSSR count). The Morgan fingerprint density at radius 2 is 1.52 bits per heavy atom. The Hall–Kier alpha value is -2.17. The predicted octanol–water partition coefficient (Wildman–Crippen LogP) is 1.44. The molecule has 0 fully saturated rings. The summed E-state index contributed by atoms with van der Waals surface area (Å²) in [4.78, 5) is 11.8. The summed E-state index contributed by atoms with van der Waals surface area (Å²) < 4.78 is 0. The molecule has 2 unspecified atom stereocenters. The molecule has 1 amide bonds. The second-order valence-electron chi connectivity index (χ2n) is 4.83. The molecule has 3 N–H and O–H groups in total. The van der Waals surface area contributed by atoms with Crippen LogP contribution in [0.5, 0.6) is 0 Å². The molecule has 0 heterocycles. The summed E-state index contributed by atoms with van der Waals surface area (Å²) in [5.74, 6) is -0.567. The van der Waals surface area contributed by atoms with Crippen molar-refractivity contribution in [2.24, 2.45) is 0 Å². The second-order valence-corrected chi connectivity index (χ2v) is 4.83. The zero-order valence-corrected chi connectivity index (χ0v) is 11.6. The van der Waals surface area contributed by atoms with E-state index in [-0.39, 0.29) is 0 Å². The number of benzene rings is 2. The van der Waals surface area contributed by atoms with Crippen molar-refractivity contribution >= 4 is 5.91 Å². The summed E-state index contributed by atoms with van der Waals surface area (Å²) in [5.41, 5.74) is 1.62. The maximum atomic E-state index is 11.8. The van der Waals surface area contributed by atoms with Gasteiger partial charge >= 0.3 is 0 Å². The van der Waals surface area contributed by atoms with Gasteiger partial charge in [0.25, 0.3) is 5.91 Å². The highest BCUT2D eigenvalue weighted by atomic mass is 16.3. The van der Waals surface area contributed by atoms with Crippen LogP contribution in [0.25, 0.3) is 0 Å². The SMILES string of the molecule is O=C(NCCc1ccccc1)C(O)C(O)c1ccccc1. The van der Waals surface area contributed by atoms with Crippen LogP contribution in [0.15, 0.2) is 60.7 Å². The van der Waals surface area contributed by atoms with E-state index in [1.807, 2.05) is 36.4 Å². The van der Waals surface area contributed by atoms with Crippen LogP contribution in [0.2, 0.25) is 0 Å². The third-order valence-electron chi connectivity index (χ3n) is 3.26. The lowest BCUT2D eigenvalue weighted by molar-refractivity contribution is -0.135. The number of amides is 1. The maximum absolute atomic E-state index is 11.8. The summed E-state index contributed by atoms with van der Waals surface area (Å²) in [6.07, 6.45) is -2.01. The van der Waals surface area contributed by atoms with E-state index in [0.717, 1.165) is 5.56 Å². The number of hydrogen-bond acceptors (Lipinski definition) is 3. The first kappa shape index (κ1) is 15.2. The molecule has 0 bridgehead atoms. The Bertz CT molecular complexity index is 557. The van der Waals surface area contributed by atoms with Gasteiger partial charge < -0.3 is 15.5 Å². The van der Waals surface area contributed by atoms with Gasteiger partial charge in [-0.2, -0.15) is 0 Å². The Kier molecular flexibility index (Phi) is 5.49. The van der Waals surface area contributed by atoms with Gasteiger partial charge in [-0.3, -0.25) is 4.79 Å². The molecule has 0 aliphatic rings. The van der Waals surface area contributed by atoms with Crippen molar-refractivity contribution in [2.45, 2.75) is 18.6 Å². The van der Waals surface area contributed by atoms with Gasteiger partial charge in [0.1, 0.15) is 6.10 Å². The molecule has 2 aromatic rings. The van der Waals surface area contributed by atoms with E-state index >= 15 is 0 Å². The summed E-state index contributed by atoms with van der Waals surface area (Å²) in [5, 5.41) is 22.5. The molecular formula is C17H19NO3. The number of nitrogens with one attached hydrogen (secondary N) is 1. The van der Waals surface area contributed by atoms with Crippen LogP contribution in [0.4, 0.5) is 0 Å². The van der Waals surface area contributed by atoms with E-state index in [2.05, 4.69) is 5.32 Å². The van der Waals surface area contributed by atoms with Crippen molar-refractivity contribution in [1.82, 2.24) is 5.32 Å². The third-order valence-corrected chi connectivity index (χ3v) is 3.26. The predicted molar refractivity (Wildman–Crippen MR) is 80.6 cm³/mol. The van der Waals surface area contributed by atoms with Gasteiger partial charge in [-0.05, 0) is 17.5 Å². The molecule has 0 saturated heterocycles. The first-order chi connectivity index (χ1) is 10.2. The third kappa shape index (κ3) is 4.41. The van der Waals surface area contributed by atoms with Crippen molar-refractivity contribution in [3.05, 3.63) is 71.8 Å². The standard InChI is InChI=1S/C17H19NO3/c19-15(14-9-5-2-6-10-14)16(20)17(21)18-12-11-13-7-3-1-4-8-13/h1-10,15-16,19-20H,11-12H2,(H,18,21). The number of hydrogen-bond donors (Lipinski definition) is 3. The van der Waals surface area contributed by atoms with Gasteiger partial charge in [0.2, 0.25) is 0 Å². The van der Waals surface area contributed by atoms with Crippen molar-refractivity contribution < 1.29 is 15.0 Å². The van der Waals surface area contributed by atoms with Crippen LogP contribution in [-0.4, -0.2) is 28.8 Å². The highest BCUT2D eigenvalue weighted by Crippen LogP contribution is 2.16. The smallest absolute Gasteiger partial charge is 0.251 e. The molecule has 4 heteroatoms. The second kappa shape index (κ2) is 7.57. The fourth-order valence-electron chi connectivity index (χ4n) is 2.06. The van der Waals surface area contributed by atoms with Crippen molar-refractivity contribution in [3.8, 4) is 0 Å². The molecular weight excluding hydrogens is 266 g/mol. The topological polar surface area (TPSA) is 69.6 Å². The molecule has 0 aliphatic carbocycles. The molecule has 0 saturated carbocycles. The van der Waals surface area contributed by atoms with E-state index in [0.29, 0.717) is 18.5 Å². The molecule has 2 aromatic carbocycles. The minimum absolute atomic E-state index is 0.418. The van der Waals surface area contributed by atoms with Crippen LogP contribution in [0.3, 0.4) is 0 Å². The van der Waals surface area contributed by atoms with Crippen LogP contribution >= 0.6 is 0 Å². The van der Waals surface area contributed by atoms with Crippen LogP contribution < -0.4 is 5.32 Å². The van der Waals surface area contributed by atoms with Gasteiger partial charge in [-0.15, -0.1) is 0 Å². The summed E-state index contributed by atoms with van der Waals surface area (Å²) in [7, 11) is 0. The molecule has 2 atom stereocenters. The van der Waals surface area contributed by atoms with Gasteiger partial charge in [-0.25, -0.2) is 0 Å². The first-order valence-electron chi connectivity index (χ1n) is 6.91. The molecule has 21 heavy (non-hydrogen) atoms. The fraction of sp³-hybridized carbons (Fsp3) is 0.235. The van der Waals surface area contributed by atoms with Crippen LogP contribution in [0.1, 0.15) is 17.2 Å². The minimum Gasteiger partial charge on any atom is -0.385 e. The van der Waals surface area contributed by atoms with E-state index in [1.165, 1.54) is 0 Å². The number of carbonyl (C=O) groups excluding carboxylic acids is 1. The van der Waals surface area contributed by atoms with E-state index in [9.17, 15) is 15.0 Å². The number of aliphatic hydroxyl groups excluding tert-OH is 2. The molecule has 0 spiro atoms. The number of carbonyl (C=O) groups is 1. The zero-order valence-electron chi connectivity index (χ0n) is 11.6. The fourth-order valence-corrected chi connectivity index (χ4v) is 2.06. The Morgan fingerprint density at radius 1 is 0.952 bits per heavy atom. The average Bonchev–Trinajstić information content (AvgIpc) is 2.55. The largest absolute Gasteiger partial charge is 0.385 e. The quantitative estimate of drug-likeness (QED) is 0.752. The lowest BCUT2D eigenvalue weighted by Gasteiger charge is -2.17. The van der Waals surface area contributed by atoms with E-state index in [1.54, 1.807) is 24.3 Å². The lowest BCUT2D eigenvalue weighted by atomic mass is 10.0. The zero-order chi connectivity index (χ0) is 15.1. The highest BCUT2D eigenvalue weighted by Gasteiger charge is 2.24. The van der Waals surface area contributed by atoms with Gasteiger partial charge in [0.15, 0.2) is 6.10 Å². The Balaban J connectivity index is 1.82. The van der Waals surface area contributed by atoms with E-state index < -0.39 is 18.1 Å². The normalized spacial score (nSPS) is 13.4. The van der Waals surface area contributed by atoms with Crippen molar-refractivity contribution in [2.75, 3.05) is 6.54 Å². The Morgan fingerprint density at radius 3 is 2.14 bits per heavy atom. The average molecular weight is 285 g/mol. The lowest BCUT2D eigenvalue weighted by Crippen LogP contribution is -2.39. The van der Waals surface area contributed by atoms with Crippen LogP contribution in [0, 0.1) is 0 Å². The van der Waals surface area contributed by atoms with Crippen molar-refractivity contribution in [1.29, 1.82) is 0 Å². The Labute approximate surface area is 124 Å². The summed E-state index contributed by atoms with van der Waals surface area (Å²) >= 11 is 0. The molecule has 0 aliphatic heterocycles. The van der Waals surface area contributed by atoms with Gasteiger partial charge in [-0.1, -0.05) is 60.7 Å². The van der Waals surface area contributed by atoms with Crippen molar-refractivity contribution in [3.63, 3.8) is 0 Å². The number of rotatable bonds is 6. The summed E-state index contributed by atoms with van der Waals surface area (Å²) in [6, 6.07) is 18.4. The maximum Gasteiger partial charge on any atom is 0.251 e. The monoisotopic (exact) mass is 285 g/mol. The van der Waals surface area contributed by atoms with Gasteiger partial charge in [0.05, 0.1) is 0 Å². The molecule has 0 aromatic heterocycles. The number of aliphatic hydroxyl groups is 2. The molecule has 4 nitrogen and oxygen atoms in total. The minimum atomic E-state index is -1.47. The van der Waals surface area contributed by atoms with Crippen LogP contribution in [-0.2, 0) is 11.2 Å². The van der Waals surface area contributed by atoms with E-state index in [4.69, 9.17) is 0 Å². The first-order valence-corrected chi connectivity index (χ1v) is 6.91. The van der Waals surface area contributed by atoms with Gasteiger partial charge in [0, 0.05) is 6.54 Å². The molecule has 0 radical (unpaired) electrons.